The van der Waals surface area contributed by atoms with Crippen LogP contribution in [0.1, 0.15) is 42.0 Å². The van der Waals surface area contributed by atoms with Gasteiger partial charge in [-0.15, -0.1) is 0 Å². The standard InChI is InChI=1S/C25H32FN3O3/c1-16-17(2)23(32-15-25(27)30)10-8-20(16)22-6-4-5-19-14-28(11-12-29(19)22)18-7-9-21(26)24(13-18)31-3/h7-10,13,19,22H,4-6,11-12,14-15H2,1-3H3,(H2,27,30)/t19?,22-/m1/s1. The number of nitrogens with two attached hydrogens (primary N) is 1. The van der Waals surface area contributed by atoms with Crippen molar-refractivity contribution in [2.45, 2.75) is 45.2 Å². The summed E-state index contributed by atoms with van der Waals surface area (Å²) in [6.07, 6.45) is 3.45. The van der Waals surface area contributed by atoms with Crippen molar-refractivity contribution in [2.75, 3.05) is 38.3 Å². The van der Waals surface area contributed by atoms with Gasteiger partial charge in [-0.25, -0.2) is 4.39 Å². The van der Waals surface area contributed by atoms with Crippen LogP contribution in [0.4, 0.5) is 10.1 Å². The third-order valence-corrected chi connectivity index (χ3v) is 6.95. The van der Waals surface area contributed by atoms with Crippen molar-refractivity contribution >= 4 is 11.6 Å². The lowest BCUT2D eigenvalue weighted by molar-refractivity contribution is -0.119. The first kappa shape index (κ1) is 22.4. The highest BCUT2D eigenvalue weighted by Crippen LogP contribution is 2.40. The van der Waals surface area contributed by atoms with E-state index in [1.165, 1.54) is 30.7 Å². The van der Waals surface area contributed by atoms with Crippen molar-refractivity contribution in [3.63, 3.8) is 0 Å². The van der Waals surface area contributed by atoms with E-state index < -0.39 is 5.91 Å². The number of benzene rings is 2. The average molecular weight is 442 g/mol. The number of primary amides is 1. The van der Waals surface area contributed by atoms with Gasteiger partial charge in [0.25, 0.3) is 5.91 Å². The van der Waals surface area contributed by atoms with Crippen LogP contribution in [0.3, 0.4) is 0 Å². The molecule has 0 radical (unpaired) electrons. The summed E-state index contributed by atoms with van der Waals surface area (Å²) >= 11 is 0. The molecule has 2 atom stereocenters. The van der Waals surface area contributed by atoms with Gasteiger partial charge >= 0.3 is 0 Å². The molecule has 2 N–H and O–H groups in total. The van der Waals surface area contributed by atoms with Crippen LogP contribution in [0, 0.1) is 19.7 Å². The second-order valence-corrected chi connectivity index (χ2v) is 8.76. The lowest BCUT2D eigenvalue weighted by Gasteiger charge is -2.49. The van der Waals surface area contributed by atoms with Crippen LogP contribution in [-0.2, 0) is 4.79 Å². The molecule has 2 aromatic rings. The van der Waals surface area contributed by atoms with E-state index in [9.17, 15) is 9.18 Å². The Labute approximate surface area is 189 Å². The minimum atomic E-state index is -0.474. The van der Waals surface area contributed by atoms with E-state index >= 15 is 0 Å². The molecule has 1 unspecified atom stereocenters. The smallest absolute Gasteiger partial charge is 0.255 e. The number of piperazine rings is 1. The van der Waals surface area contributed by atoms with E-state index in [4.69, 9.17) is 15.2 Å². The molecule has 2 aliphatic heterocycles. The van der Waals surface area contributed by atoms with Crippen LogP contribution in [0.25, 0.3) is 0 Å². The second kappa shape index (κ2) is 9.36. The summed E-state index contributed by atoms with van der Waals surface area (Å²) in [5.74, 6) is 0.197. The number of anilines is 1. The number of piperidine rings is 1. The fourth-order valence-electron chi connectivity index (χ4n) is 5.15. The van der Waals surface area contributed by atoms with Gasteiger partial charge in [-0.3, -0.25) is 9.69 Å². The molecule has 7 heteroatoms. The summed E-state index contributed by atoms with van der Waals surface area (Å²) in [5.41, 5.74) is 9.83. The molecule has 2 fully saturated rings. The fourth-order valence-corrected chi connectivity index (χ4v) is 5.15. The van der Waals surface area contributed by atoms with Gasteiger partial charge in [-0.2, -0.15) is 0 Å². The topological polar surface area (TPSA) is 68.0 Å². The molecule has 172 valence electrons. The van der Waals surface area contributed by atoms with E-state index in [-0.39, 0.29) is 18.2 Å². The SMILES string of the molecule is COc1cc(N2CCN3C(CCC[C@@H]3c3ccc(OCC(N)=O)c(C)c3C)C2)ccc1F. The molecule has 2 aromatic carbocycles. The molecule has 0 bridgehead atoms. The maximum Gasteiger partial charge on any atom is 0.255 e. The highest BCUT2D eigenvalue weighted by Gasteiger charge is 2.36. The van der Waals surface area contributed by atoms with E-state index in [1.807, 2.05) is 19.1 Å². The Kier molecular flexibility index (Phi) is 6.55. The predicted octanol–water partition coefficient (Wildman–Crippen LogP) is 3.73. The number of nitrogens with zero attached hydrogens (tertiary/aromatic N) is 2. The van der Waals surface area contributed by atoms with Crippen LogP contribution in [0.15, 0.2) is 30.3 Å². The summed E-state index contributed by atoms with van der Waals surface area (Å²) in [4.78, 5) is 16.1. The lowest BCUT2D eigenvalue weighted by Crippen LogP contribution is -2.56. The number of hydrogen-bond acceptors (Lipinski definition) is 5. The Morgan fingerprint density at radius 3 is 2.69 bits per heavy atom. The fraction of sp³-hybridized carbons (Fsp3) is 0.480. The number of amides is 1. The monoisotopic (exact) mass is 441 g/mol. The first-order valence-electron chi connectivity index (χ1n) is 11.2. The van der Waals surface area contributed by atoms with E-state index in [0.717, 1.165) is 43.7 Å². The molecule has 32 heavy (non-hydrogen) atoms. The first-order valence-corrected chi connectivity index (χ1v) is 11.2. The second-order valence-electron chi connectivity index (χ2n) is 8.76. The van der Waals surface area contributed by atoms with Gasteiger partial charge in [0.05, 0.1) is 7.11 Å². The lowest BCUT2D eigenvalue weighted by atomic mass is 9.86. The zero-order valence-corrected chi connectivity index (χ0v) is 19.1. The molecule has 1 amide bonds. The molecule has 2 aliphatic rings. The summed E-state index contributed by atoms with van der Waals surface area (Å²) < 4.78 is 24.6. The molecular formula is C25H32FN3O3. The normalized spacial score (nSPS) is 21.2. The van der Waals surface area contributed by atoms with Crippen LogP contribution < -0.4 is 20.1 Å². The summed E-state index contributed by atoms with van der Waals surface area (Å²) in [7, 11) is 1.50. The minimum Gasteiger partial charge on any atom is -0.494 e. The number of methoxy groups -OCH3 is 1. The first-order chi connectivity index (χ1) is 15.4. The van der Waals surface area contributed by atoms with Crippen molar-refractivity contribution in [1.29, 1.82) is 0 Å². The van der Waals surface area contributed by atoms with Crippen LogP contribution in [0.2, 0.25) is 0 Å². The largest absolute Gasteiger partial charge is 0.494 e. The van der Waals surface area contributed by atoms with Crippen molar-refractivity contribution in [3.8, 4) is 11.5 Å². The predicted molar refractivity (Wildman–Crippen MR) is 123 cm³/mol. The van der Waals surface area contributed by atoms with Crippen LogP contribution in [-0.4, -0.2) is 50.2 Å². The number of carbonyl (C=O) groups excluding carboxylic acids is 1. The van der Waals surface area contributed by atoms with Crippen molar-refractivity contribution < 1.29 is 18.7 Å². The van der Waals surface area contributed by atoms with E-state index in [1.54, 1.807) is 6.07 Å². The summed E-state index contributed by atoms with van der Waals surface area (Å²) in [5, 5.41) is 0. The van der Waals surface area contributed by atoms with Crippen molar-refractivity contribution in [3.05, 3.63) is 52.8 Å². The quantitative estimate of drug-likeness (QED) is 0.740. The van der Waals surface area contributed by atoms with Gasteiger partial charge in [0.15, 0.2) is 18.2 Å². The van der Waals surface area contributed by atoms with Gasteiger partial charge in [-0.1, -0.05) is 6.07 Å². The van der Waals surface area contributed by atoms with Crippen molar-refractivity contribution in [1.82, 2.24) is 4.90 Å². The number of ether oxygens (including phenoxy) is 2. The number of hydrogen-bond donors (Lipinski definition) is 1. The average Bonchev–Trinajstić information content (AvgIpc) is 2.79. The van der Waals surface area contributed by atoms with E-state index in [0.29, 0.717) is 17.8 Å². The Bertz CT molecular complexity index is 997. The molecular weight excluding hydrogens is 409 g/mol. The molecule has 6 nitrogen and oxygen atoms in total. The highest BCUT2D eigenvalue weighted by molar-refractivity contribution is 5.75. The Morgan fingerprint density at radius 2 is 1.94 bits per heavy atom. The number of carbonyl (C=O) groups is 1. The third-order valence-electron chi connectivity index (χ3n) is 6.95. The Hall–Kier alpha value is -2.80. The molecule has 0 aliphatic carbocycles. The van der Waals surface area contributed by atoms with Crippen LogP contribution >= 0.6 is 0 Å². The molecule has 0 saturated carbocycles. The molecule has 2 saturated heterocycles. The van der Waals surface area contributed by atoms with Crippen LogP contribution in [0.5, 0.6) is 11.5 Å². The maximum absolute atomic E-state index is 13.8. The number of rotatable bonds is 6. The van der Waals surface area contributed by atoms with Gasteiger partial charge in [0.2, 0.25) is 0 Å². The minimum absolute atomic E-state index is 0.110. The number of fused-ring (bicyclic) bond motifs is 1. The summed E-state index contributed by atoms with van der Waals surface area (Å²) in [6.45, 7) is 6.82. The van der Waals surface area contributed by atoms with Gasteiger partial charge in [-0.05, 0) is 68.0 Å². The Morgan fingerprint density at radius 1 is 1.12 bits per heavy atom. The van der Waals surface area contributed by atoms with Crippen molar-refractivity contribution in [2.24, 2.45) is 5.73 Å². The van der Waals surface area contributed by atoms with Gasteiger partial charge < -0.3 is 20.1 Å². The molecule has 4 rings (SSSR count). The third kappa shape index (κ3) is 4.39. The maximum atomic E-state index is 13.8. The van der Waals surface area contributed by atoms with E-state index in [2.05, 4.69) is 22.8 Å². The van der Waals surface area contributed by atoms with Gasteiger partial charge in [0.1, 0.15) is 5.75 Å². The zero-order chi connectivity index (χ0) is 22.8. The molecule has 0 spiro atoms. The number of halogens is 1. The molecule has 2 heterocycles. The zero-order valence-electron chi connectivity index (χ0n) is 19.1. The Balaban J connectivity index is 1.52. The highest BCUT2D eigenvalue weighted by atomic mass is 19.1. The molecule has 0 aromatic heterocycles. The summed E-state index contributed by atoms with van der Waals surface area (Å²) in [6, 6.07) is 10.0. The van der Waals surface area contributed by atoms with Gasteiger partial charge in [0, 0.05) is 43.5 Å².